The highest BCUT2D eigenvalue weighted by Crippen LogP contribution is 2.17. The van der Waals surface area contributed by atoms with Crippen molar-refractivity contribution in [2.24, 2.45) is 0 Å². The van der Waals surface area contributed by atoms with Crippen LogP contribution < -0.4 is 16.0 Å². The van der Waals surface area contributed by atoms with Crippen molar-refractivity contribution in [1.29, 1.82) is 0 Å². The Labute approximate surface area is 159 Å². The highest BCUT2D eigenvalue weighted by molar-refractivity contribution is 5.94. The predicted molar refractivity (Wildman–Crippen MR) is 105 cm³/mol. The molecule has 0 bridgehead atoms. The zero-order valence-corrected chi connectivity index (χ0v) is 15.8. The maximum Gasteiger partial charge on any atom is 0.251 e. The predicted octanol–water partition coefficient (Wildman–Crippen LogP) is 3.03. The molecule has 6 nitrogen and oxygen atoms in total. The number of carbonyl (C=O) groups is 3. The van der Waals surface area contributed by atoms with E-state index in [2.05, 4.69) is 16.0 Å². The molecule has 0 saturated carbocycles. The molecule has 27 heavy (non-hydrogen) atoms. The molecule has 3 amide bonds. The fourth-order valence-electron chi connectivity index (χ4n) is 2.70. The topological polar surface area (TPSA) is 87.3 Å². The van der Waals surface area contributed by atoms with Crippen molar-refractivity contribution in [3.63, 3.8) is 0 Å². The molecule has 142 valence electrons. The molecular weight excluding hydrogens is 342 g/mol. The van der Waals surface area contributed by atoms with Gasteiger partial charge in [0.15, 0.2) is 0 Å². The minimum Gasteiger partial charge on any atom is -0.350 e. The van der Waals surface area contributed by atoms with E-state index in [1.165, 1.54) is 6.92 Å². The second kappa shape index (κ2) is 9.52. The summed E-state index contributed by atoms with van der Waals surface area (Å²) in [6.45, 7) is 5.11. The largest absolute Gasteiger partial charge is 0.350 e. The van der Waals surface area contributed by atoms with Crippen LogP contribution in [0.15, 0.2) is 54.6 Å². The Morgan fingerprint density at radius 3 is 2.30 bits per heavy atom. The lowest BCUT2D eigenvalue weighted by Crippen LogP contribution is -2.38. The van der Waals surface area contributed by atoms with E-state index in [9.17, 15) is 14.4 Å². The number of benzene rings is 2. The van der Waals surface area contributed by atoms with Gasteiger partial charge in [0.05, 0.1) is 6.04 Å². The van der Waals surface area contributed by atoms with Gasteiger partial charge in [-0.25, -0.2) is 0 Å². The van der Waals surface area contributed by atoms with Crippen molar-refractivity contribution in [1.82, 2.24) is 10.6 Å². The van der Waals surface area contributed by atoms with Crippen LogP contribution in [0.4, 0.5) is 5.69 Å². The van der Waals surface area contributed by atoms with E-state index in [0.29, 0.717) is 11.3 Å². The Morgan fingerprint density at radius 1 is 0.926 bits per heavy atom. The van der Waals surface area contributed by atoms with Gasteiger partial charge in [0.25, 0.3) is 5.91 Å². The monoisotopic (exact) mass is 367 g/mol. The van der Waals surface area contributed by atoms with Crippen molar-refractivity contribution in [2.75, 3.05) is 5.32 Å². The molecule has 3 N–H and O–H groups in total. The smallest absolute Gasteiger partial charge is 0.251 e. The highest BCUT2D eigenvalue weighted by atomic mass is 16.2. The molecule has 6 heteroatoms. The van der Waals surface area contributed by atoms with Crippen LogP contribution >= 0.6 is 0 Å². The lowest BCUT2D eigenvalue weighted by atomic mass is 10.1. The molecule has 0 saturated heterocycles. The second-order valence-electron chi connectivity index (χ2n) is 6.54. The fourth-order valence-corrected chi connectivity index (χ4v) is 2.70. The molecular formula is C21H25N3O3. The minimum atomic E-state index is -0.296. The zero-order chi connectivity index (χ0) is 19.8. The highest BCUT2D eigenvalue weighted by Gasteiger charge is 2.15. The third-order valence-electron chi connectivity index (χ3n) is 3.99. The van der Waals surface area contributed by atoms with Crippen LogP contribution in [0.25, 0.3) is 0 Å². The summed E-state index contributed by atoms with van der Waals surface area (Å²) in [6.07, 6.45) is 0.175. The first-order chi connectivity index (χ1) is 12.8. The van der Waals surface area contributed by atoms with Crippen molar-refractivity contribution in [3.8, 4) is 0 Å². The third kappa shape index (κ3) is 6.58. The summed E-state index contributed by atoms with van der Waals surface area (Å²) in [6, 6.07) is 15.7. The normalized spacial score (nSPS) is 12.6. The van der Waals surface area contributed by atoms with Gasteiger partial charge in [0.1, 0.15) is 0 Å². The second-order valence-corrected chi connectivity index (χ2v) is 6.54. The van der Waals surface area contributed by atoms with Crippen LogP contribution in [0.1, 0.15) is 49.2 Å². The van der Waals surface area contributed by atoms with Gasteiger partial charge in [-0.15, -0.1) is 0 Å². The van der Waals surface area contributed by atoms with Crippen LogP contribution in [0.3, 0.4) is 0 Å². The first kappa shape index (κ1) is 20.2. The first-order valence-electron chi connectivity index (χ1n) is 8.88. The van der Waals surface area contributed by atoms with Crippen molar-refractivity contribution in [3.05, 3.63) is 65.7 Å². The van der Waals surface area contributed by atoms with Gasteiger partial charge in [-0.2, -0.15) is 0 Å². The molecule has 0 aliphatic rings. The summed E-state index contributed by atoms with van der Waals surface area (Å²) >= 11 is 0. The zero-order valence-electron chi connectivity index (χ0n) is 15.8. The Kier molecular flexibility index (Phi) is 7.11. The molecule has 2 atom stereocenters. The van der Waals surface area contributed by atoms with E-state index >= 15 is 0 Å². The number of anilines is 1. The van der Waals surface area contributed by atoms with Crippen LogP contribution in [0.5, 0.6) is 0 Å². The number of amides is 3. The standard InChI is InChI=1S/C21H25N3O3/c1-14(22-21(27)17-8-5-4-6-9-17)12-20(26)23-15(2)18-10-7-11-19(13-18)24-16(3)25/h4-11,13-15H,12H2,1-3H3,(H,22,27)(H,23,26)(H,24,25). The van der Waals surface area contributed by atoms with Gasteiger partial charge in [-0.3, -0.25) is 14.4 Å². The van der Waals surface area contributed by atoms with Crippen LogP contribution in [-0.4, -0.2) is 23.8 Å². The lowest BCUT2D eigenvalue weighted by molar-refractivity contribution is -0.122. The third-order valence-corrected chi connectivity index (χ3v) is 3.99. The Hall–Kier alpha value is -3.15. The molecule has 2 aromatic rings. The number of rotatable bonds is 7. The average molecular weight is 367 g/mol. The quantitative estimate of drug-likeness (QED) is 0.703. The molecule has 0 aliphatic carbocycles. The van der Waals surface area contributed by atoms with E-state index in [1.807, 2.05) is 31.2 Å². The van der Waals surface area contributed by atoms with Gasteiger partial charge in [0, 0.05) is 30.6 Å². The molecule has 2 unspecified atom stereocenters. The SMILES string of the molecule is CC(=O)Nc1cccc(C(C)NC(=O)CC(C)NC(=O)c2ccccc2)c1. The summed E-state index contributed by atoms with van der Waals surface area (Å²) in [5.41, 5.74) is 2.13. The van der Waals surface area contributed by atoms with Crippen LogP contribution in [0.2, 0.25) is 0 Å². The fraction of sp³-hybridized carbons (Fsp3) is 0.286. The maximum absolute atomic E-state index is 12.3. The van der Waals surface area contributed by atoms with Gasteiger partial charge >= 0.3 is 0 Å². The van der Waals surface area contributed by atoms with Crippen LogP contribution in [-0.2, 0) is 9.59 Å². The van der Waals surface area contributed by atoms with Crippen molar-refractivity contribution >= 4 is 23.4 Å². The van der Waals surface area contributed by atoms with E-state index in [0.717, 1.165) is 5.56 Å². The van der Waals surface area contributed by atoms with Gasteiger partial charge in [-0.1, -0.05) is 30.3 Å². The van der Waals surface area contributed by atoms with Crippen LogP contribution in [0, 0.1) is 0 Å². The van der Waals surface area contributed by atoms with Gasteiger partial charge in [0.2, 0.25) is 11.8 Å². The average Bonchev–Trinajstić information content (AvgIpc) is 2.61. The summed E-state index contributed by atoms with van der Waals surface area (Å²) in [7, 11) is 0. The number of carbonyl (C=O) groups excluding carboxylic acids is 3. The molecule has 0 radical (unpaired) electrons. The van der Waals surface area contributed by atoms with E-state index in [4.69, 9.17) is 0 Å². The summed E-state index contributed by atoms with van der Waals surface area (Å²) < 4.78 is 0. The summed E-state index contributed by atoms with van der Waals surface area (Å²) in [4.78, 5) is 35.6. The van der Waals surface area contributed by atoms with Gasteiger partial charge in [-0.05, 0) is 43.7 Å². The maximum atomic E-state index is 12.3. The van der Waals surface area contributed by atoms with Gasteiger partial charge < -0.3 is 16.0 Å². The molecule has 0 aliphatic heterocycles. The Balaban J connectivity index is 1.87. The number of hydrogen-bond donors (Lipinski definition) is 3. The Morgan fingerprint density at radius 2 is 1.63 bits per heavy atom. The van der Waals surface area contributed by atoms with E-state index in [-0.39, 0.29) is 36.2 Å². The molecule has 2 aromatic carbocycles. The molecule has 0 fully saturated rings. The first-order valence-corrected chi connectivity index (χ1v) is 8.88. The molecule has 0 heterocycles. The minimum absolute atomic E-state index is 0.146. The molecule has 0 spiro atoms. The van der Waals surface area contributed by atoms with E-state index in [1.54, 1.807) is 37.3 Å². The molecule has 2 rings (SSSR count). The van der Waals surface area contributed by atoms with Crippen molar-refractivity contribution < 1.29 is 14.4 Å². The number of nitrogens with one attached hydrogen (secondary N) is 3. The lowest BCUT2D eigenvalue weighted by Gasteiger charge is -2.18. The van der Waals surface area contributed by atoms with E-state index < -0.39 is 0 Å². The summed E-state index contributed by atoms with van der Waals surface area (Å²) in [5, 5.41) is 8.46. The van der Waals surface area contributed by atoms with Crippen molar-refractivity contribution in [2.45, 2.75) is 39.3 Å². The number of hydrogen-bond acceptors (Lipinski definition) is 3. The summed E-state index contributed by atoms with van der Waals surface area (Å²) in [5.74, 6) is -0.507. The molecule has 0 aromatic heterocycles. The Bertz CT molecular complexity index is 805.